The van der Waals surface area contributed by atoms with Gasteiger partial charge in [-0.1, -0.05) is 29.8 Å². The number of hydrogen-bond acceptors (Lipinski definition) is 2. The van der Waals surface area contributed by atoms with E-state index in [9.17, 15) is 0 Å². The van der Waals surface area contributed by atoms with Gasteiger partial charge in [0.25, 0.3) is 0 Å². The first kappa shape index (κ1) is 11.0. The molecule has 1 aromatic carbocycles. The van der Waals surface area contributed by atoms with E-state index in [1.807, 2.05) is 49.4 Å². The van der Waals surface area contributed by atoms with E-state index in [4.69, 9.17) is 11.6 Å². The van der Waals surface area contributed by atoms with Crippen LogP contribution < -0.4 is 5.32 Å². The fourth-order valence-electron chi connectivity index (χ4n) is 1.52. The van der Waals surface area contributed by atoms with Gasteiger partial charge in [-0.2, -0.15) is 0 Å². The molecule has 0 unspecified atom stereocenters. The molecule has 3 heteroatoms. The van der Waals surface area contributed by atoms with Crippen molar-refractivity contribution in [2.24, 2.45) is 0 Å². The van der Waals surface area contributed by atoms with Crippen LogP contribution in [0.1, 0.15) is 6.92 Å². The first-order chi connectivity index (χ1) is 7.79. The van der Waals surface area contributed by atoms with Crippen molar-refractivity contribution in [2.45, 2.75) is 6.92 Å². The molecular formula is C13H13ClN2. The predicted molar refractivity (Wildman–Crippen MR) is 68.8 cm³/mol. The van der Waals surface area contributed by atoms with Crippen molar-refractivity contribution in [1.29, 1.82) is 0 Å². The summed E-state index contributed by atoms with van der Waals surface area (Å²) in [5.74, 6) is 0.889. The molecule has 1 aromatic heterocycles. The Morgan fingerprint density at radius 3 is 2.75 bits per heavy atom. The molecule has 0 aliphatic rings. The molecule has 0 aliphatic heterocycles. The van der Waals surface area contributed by atoms with E-state index in [1.54, 1.807) is 0 Å². The summed E-state index contributed by atoms with van der Waals surface area (Å²) in [6.07, 6.45) is 0. The van der Waals surface area contributed by atoms with Crippen LogP contribution >= 0.6 is 11.6 Å². The van der Waals surface area contributed by atoms with E-state index in [2.05, 4.69) is 10.3 Å². The van der Waals surface area contributed by atoms with Crippen LogP contribution in [0.5, 0.6) is 0 Å². The number of halogens is 1. The summed E-state index contributed by atoms with van der Waals surface area (Å²) in [5, 5.41) is 3.92. The topological polar surface area (TPSA) is 24.9 Å². The highest BCUT2D eigenvalue weighted by Gasteiger charge is 2.00. The van der Waals surface area contributed by atoms with Crippen LogP contribution in [-0.2, 0) is 0 Å². The molecule has 82 valence electrons. The summed E-state index contributed by atoms with van der Waals surface area (Å²) in [7, 11) is 0. The lowest BCUT2D eigenvalue weighted by Gasteiger charge is -2.05. The highest BCUT2D eigenvalue weighted by molar-refractivity contribution is 6.30. The Kier molecular flexibility index (Phi) is 3.42. The zero-order valence-electron chi connectivity index (χ0n) is 9.07. The van der Waals surface area contributed by atoms with Gasteiger partial charge in [0.2, 0.25) is 0 Å². The van der Waals surface area contributed by atoms with Crippen LogP contribution in [0, 0.1) is 0 Å². The van der Waals surface area contributed by atoms with Crippen molar-refractivity contribution < 1.29 is 0 Å². The highest BCUT2D eigenvalue weighted by atomic mass is 35.5. The molecule has 16 heavy (non-hydrogen) atoms. The summed E-state index contributed by atoms with van der Waals surface area (Å²) < 4.78 is 0. The Morgan fingerprint density at radius 2 is 2.00 bits per heavy atom. The van der Waals surface area contributed by atoms with Gasteiger partial charge in [0.05, 0.1) is 5.69 Å². The molecular weight excluding hydrogens is 220 g/mol. The van der Waals surface area contributed by atoms with Gasteiger partial charge in [-0.15, -0.1) is 0 Å². The van der Waals surface area contributed by atoms with Gasteiger partial charge >= 0.3 is 0 Å². The monoisotopic (exact) mass is 232 g/mol. The van der Waals surface area contributed by atoms with Gasteiger partial charge in [0.1, 0.15) is 5.82 Å². The molecule has 2 nitrogen and oxygen atoms in total. The summed E-state index contributed by atoms with van der Waals surface area (Å²) in [6, 6.07) is 13.6. The van der Waals surface area contributed by atoms with Crippen molar-refractivity contribution in [3.63, 3.8) is 0 Å². The third-order valence-corrected chi connectivity index (χ3v) is 2.46. The lowest BCUT2D eigenvalue weighted by atomic mass is 10.1. The minimum absolute atomic E-state index is 0.730. The van der Waals surface area contributed by atoms with E-state index in [0.29, 0.717) is 0 Å². The number of nitrogens with one attached hydrogen (secondary N) is 1. The predicted octanol–water partition coefficient (Wildman–Crippen LogP) is 3.83. The molecule has 0 bridgehead atoms. The molecule has 0 saturated heterocycles. The highest BCUT2D eigenvalue weighted by Crippen LogP contribution is 2.21. The number of pyridine rings is 1. The molecule has 0 amide bonds. The molecule has 2 rings (SSSR count). The molecule has 0 fully saturated rings. The molecule has 2 aromatic rings. The lowest BCUT2D eigenvalue weighted by Crippen LogP contribution is -1.99. The summed E-state index contributed by atoms with van der Waals surface area (Å²) in [5.41, 5.74) is 1.97. The Bertz CT molecular complexity index is 483. The van der Waals surface area contributed by atoms with Gasteiger partial charge in [0, 0.05) is 17.1 Å². The van der Waals surface area contributed by atoms with E-state index in [1.165, 1.54) is 0 Å². The average molecular weight is 233 g/mol. The second kappa shape index (κ2) is 4.99. The van der Waals surface area contributed by atoms with Gasteiger partial charge in [-0.05, 0) is 31.2 Å². The minimum atomic E-state index is 0.730. The molecule has 1 heterocycles. The Balaban J connectivity index is 2.36. The fourth-order valence-corrected chi connectivity index (χ4v) is 1.71. The summed E-state index contributed by atoms with van der Waals surface area (Å²) >= 11 is 5.95. The average Bonchev–Trinajstić information content (AvgIpc) is 2.30. The van der Waals surface area contributed by atoms with E-state index in [-0.39, 0.29) is 0 Å². The first-order valence-corrected chi connectivity index (χ1v) is 5.64. The van der Waals surface area contributed by atoms with Crippen LogP contribution in [0.2, 0.25) is 5.02 Å². The van der Waals surface area contributed by atoms with Gasteiger partial charge in [-0.3, -0.25) is 0 Å². The second-order valence-corrected chi connectivity index (χ2v) is 3.89. The maximum absolute atomic E-state index is 5.95. The third-order valence-electron chi connectivity index (χ3n) is 2.23. The molecule has 0 radical (unpaired) electrons. The summed E-state index contributed by atoms with van der Waals surface area (Å²) in [4.78, 5) is 4.50. The first-order valence-electron chi connectivity index (χ1n) is 5.26. The van der Waals surface area contributed by atoms with Crippen molar-refractivity contribution in [2.75, 3.05) is 11.9 Å². The third kappa shape index (κ3) is 2.52. The van der Waals surface area contributed by atoms with Crippen LogP contribution in [-0.4, -0.2) is 11.5 Å². The van der Waals surface area contributed by atoms with Crippen molar-refractivity contribution in [3.8, 4) is 11.3 Å². The largest absolute Gasteiger partial charge is 0.370 e. The Labute approximate surface area is 100 Å². The molecule has 0 saturated carbocycles. The maximum atomic E-state index is 5.95. The van der Waals surface area contributed by atoms with E-state index < -0.39 is 0 Å². The molecule has 0 aliphatic carbocycles. The zero-order valence-corrected chi connectivity index (χ0v) is 9.83. The van der Waals surface area contributed by atoms with Crippen molar-refractivity contribution in [3.05, 3.63) is 47.5 Å². The number of hydrogen-bond donors (Lipinski definition) is 1. The molecule has 1 N–H and O–H groups in total. The molecule has 0 atom stereocenters. The lowest BCUT2D eigenvalue weighted by molar-refractivity contribution is 1.16. The Morgan fingerprint density at radius 1 is 1.19 bits per heavy atom. The van der Waals surface area contributed by atoms with Crippen molar-refractivity contribution in [1.82, 2.24) is 4.98 Å². The normalized spacial score (nSPS) is 10.1. The summed E-state index contributed by atoms with van der Waals surface area (Å²) in [6.45, 7) is 2.92. The van der Waals surface area contributed by atoms with Gasteiger partial charge in [0.15, 0.2) is 0 Å². The maximum Gasteiger partial charge on any atom is 0.126 e. The number of rotatable bonds is 3. The van der Waals surface area contributed by atoms with Crippen LogP contribution in [0.3, 0.4) is 0 Å². The second-order valence-electron chi connectivity index (χ2n) is 3.45. The van der Waals surface area contributed by atoms with Gasteiger partial charge < -0.3 is 5.32 Å². The zero-order chi connectivity index (χ0) is 11.4. The smallest absolute Gasteiger partial charge is 0.126 e. The quantitative estimate of drug-likeness (QED) is 0.870. The number of benzene rings is 1. The van der Waals surface area contributed by atoms with Crippen LogP contribution in [0.25, 0.3) is 11.3 Å². The van der Waals surface area contributed by atoms with Gasteiger partial charge in [-0.25, -0.2) is 4.98 Å². The SMILES string of the molecule is CCNc1cccc(-c2cccc(Cl)c2)n1. The van der Waals surface area contributed by atoms with Crippen molar-refractivity contribution >= 4 is 17.4 Å². The standard InChI is InChI=1S/C13H13ClN2/c1-2-15-13-8-4-7-12(16-13)10-5-3-6-11(14)9-10/h3-9H,2H2,1H3,(H,15,16). The van der Waals surface area contributed by atoms with Crippen LogP contribution in [0.15, 0.2) is 42.5 Å². The number of aromatic nitrogens is 1. The number of anilines is 1. The fraction of sp³-hybridized carbons (Fsp3) is 0.154. The minimum Gasteiger partial charge on any atom is -0.370 e. The number of nitrogens with zero attached hydrogens (tertiary/aromatic N) is 1. The molecule has 0 spiro atoms. The Hall–Kier alpha value is -1.54. The van der Waals surface area contributed by atoms with E-state index >= 15 is 0 Å². The van der Waals surface area contributed by atoms with Crippen LogP contribution in [0.4, 0.5) is 5.82 Å². The van der Waals surface area contributed by atoms with E-state index in [0.717, 1.165) is 28.6 Å².